The van der Waals surface area contributed by atoms with E-state index in [1.165, 1.54) is 20.9 Å². The second-order valence-electron chi connectivity index (χ2n) is 2.74. The van der Waals surface area contributed by atoms with Gasteiger partial charge >= 0.3 is 0 Å². The van der Waals surface area contributed by atoms with Gasteiger partial charge in [0.15, 0.2) is 0 Å². The zero-order chi connectivity index (χ0) is 10.1. The standard InChI is InChI=1S/C10H6BrNS2/c1-13-6-3-9(11)8-2-7(5-12)14-10(8)4-6/h2-4H,1H3. The molecule has 0 radical (unpaired) electrons. The van der Waals surface area contributed by atoms with E-state index in [0.29, 0.717) is 0 Å². The number of halogens is 1. The fraction of sp³-hybridized carbons (Fsp3) is 0.100. The molecule has 4 heteroatoms. The molecule has 1 nitrogen and oxygen atoms in total. The Labute approximate surface area is 98.9 Å². The van der Waals surface area contributed by atoms with Crippen LogP contribution in [0, 0.1) is 11.3 Å². The number of hydrogen-bond donors (Lipinski definition) is 0. The van der Waals surface area contributed by atoms with Crippen LogP contribution in [0.4, 0.5) is 0 Å². The number of nitriles is 1. The number of hydrogen-bond acceptors (Lipinski definition) is 3. The van der Waals surface area contributed by atoms with Crippen LogP contribution < -0.4 is 0 Å². The lowest BCUT2D eigenvalue weighted by Crippen LogP contribution is -1.71. The van der Waals surface area contributed by atoms with Gasteiger partial charge in [-0.2, -0.15) is 5.26 Å². The predicted octanol–water partition coefficient (Wildman–Crippen LogP) is 4.26. The summed E-state index contributed by atoms with van der Waals surface area (Å²) in [5, 5.41) is 9.92. The van der Waals surface area contributed by atoms with Crippen molar-refractivity contribution < 1.29 is 0 Å². The summed E-state index contributed by atoms with van der Waals surface area (Å²) in [6, 6.07) is 8.30. The maximum Gasteiger partial charge on any atom is 0.110 e. The van der Waals surface area contributed by atoms with E-state index in [1.54, 1.807) is 11.8 Å². The van der Waals surface area contributed by atoms with Gasteiger partial charge in [0.2, 0.25) is 0 Å². The Balaban J connectivity index is 2.75. The largest absolute Gasteiger partial charge is 0.192 e. The Morgan fingerprint density at radius 3 is 2.86 bits per heavy atom. The van der Waals surface area contributed by atoms with E-state index in [0.717, 1.165) is 14.7 Å². The zero-order valence-electron chi connectivity index (χ0n) is 7.37. The number of rotatable bonds is 1. The third-order valence-electron chi connectivity index (χ3n) is 1.91. The maximum absolute atomic E-state index is 8.80. The van der Waals surface area contributed by atoms with Gasteiger partial charge in [-0.05, 0) is 24.5 Å². The average molecular weight is 284 g/mol. The first kappa shape index (κ1) is 10.0. The Kier molecular flexibility index (Phi) is 2.82. The number of thioether (sulfide) groups is 1. The van der Waals surface area contributed by atoms with Crippen molar-refractivity contribution in [3.8, 4) is 6.07 Å². The molecule has 0 aliphatic heterocycles. The highest BCUT2D eigenvalue weighted by atomic mass is 79.9. The first-order valence-corrected chi connectivity index (χ1v) is 6.75. The van der Waals surface area contributed by atoms with Crippen LogP contribution in [0.2, 0.25) is 0 Å². The molecule has 0 aliphatic rings. The molecule has 70 valence electrons. The molecule has 1 heterocycles. The third-order valence-corrected chi connectivity index (χ3v) is 4.26. The summed E-state index contributed by atoms with van der Waals surface area (Å²) in [4.78, 5) is 1.98. The van der Waals surface area contributed by atoms with E-state index in [-0.39, 0.29) is 0 Å². The summed E-state index contributed by atoms with van der Waals surface area (Å²) < 4.78 is 2.23. The minimum Gasteiger partial charge on any atom is -0.192 e. The first-order valence-electron chi connectivity index (χ1n) is 3.92. The van der Waals surface area contributed by atoms with E-state index in [2.05, 4.69) is 34.1 Å². The van der Waals surface area contributed by atoms with Gasteiger partial charge in [0.25, 0.3) is 0 Å². The molecule has 0 amide bonds. The predicted molar refractivity (Wildman–Crippen MR) is 66.0 cm³/mol. The van der Waals surface area contributed by atoms with Gasteiger partial charge in [-0.15, -0.1) is 23.1 Å². The minimum atomic E-state index is 0.763. The van der Waals surface area contributed by atoms with Crippen LogP contribution in [0.15, 0.2) is 27.6 Å². The molecule has 0 unspecified atom stereocenters. The smallest absolute Gasteiger partial charge is 0.110 e. The van der Waals surface area contributed by atoms with Crippen molar-refractivity contribution >= 4 is 49.1 Å². The van der Waals surface area contributed by atoms with E-state index in [1.807, 2.05) is 12.3 Å². The molecule has 0 saturated carbocycles. The van der Waals surface area contributed by atoms with Crippen molar-refractivity contribution in [1.82, 2.24) is 0 Å². The van der Waals surface area contributed by atoms with Crippen LogP contribution in [-0.4, -0.2) is 6.26 Å². The fourth-order valence-electron chi connectivity index (χ4n) is 1.25. The van der Waals surface area contributed by atoms with Crippen LogP contribution in [-0.2, 0) is 0 Å². The van der Waals surface area contributed by atoms with Crippen molar-refractivity contribution in [3.63, 3.8) is 0 Å². The Morgan fingerprint density at radius 2 is 2.21 bits per heavy atom. The van der Waals surface area contributed by atoms with Crippen molar-refractivity contribution in [1.29, 1.82) is 5.26 Å². The molecule has 0 N–H and O–H groups in total. The molecule has 0 fully saturated rings. The molecule has 2 aromatic rings. The molecule has 0 saturated heterocycles. The SMILES string of the molecule is CSc1cc(Br)c2cc(C#N)sc2c1. The molecule has 2 rings (SSSR count). The highest BCUT2D eigenvalue weighted by Crippen LogP contribution is 2.34. The second-order valence-corrected chi connectivity index (χ2v) is 5.56. The van der Waals surface area contributed by atoms with Gasteiger partial charge in [-0.3, -0.25) is 0 Å². The normalized spacial score (nSPS) is 10.4. The van der Waals surface area contributed by atoms with Gasteiger partial charge in [0.1, 0.15) is 10.9 Å². The van der Waals surface area contributed by atoms with Crippen molar-refractivity contribution in [2.24, 2.45) is 0 Å². The molecule has 0 aliphatic carbocycles. The quantitative estimate of drug-likeness (QED) is 0.731. The van der Waals surface area contributed by atoms with E-state index in [9.17, 15) is 0 Å². The van der Waals surface area contributed by atoms with Crippen molar-refractivity contribution in [2.45, 2.75) is 4.90 Å². The van der Waals surface area contributed by atoms with Crippen LogP contribution >= 0.6 is 39.0 Å². The molecule has 0 atom stereocenters. The van der Waals surface area contributed by atoms with Crippen molar-refractivity contribution in [2.75, 3.05) is 6.26 Å². The molecule has 1 aromatic heterocycles. The lowest BCUT2D eigenvalue weighted by Gasteiger charge is -1.98. The average Bonchev–Trinajstić information content (AvgIpc) is 2.61. The van der Waals surface area contributed by atoms with Crippen LogP contribution in [0.25, 0.3) is 10.1 Å². The second kappa shape index (κ2) is 3.93. The number of fused-ring (bicyclic) bond motifs is 1. The highest BCUT2D eigenvalue weighted by molar-refractivity contribution is 9.10. The summed E-state index contributed by atoms with van der Waals surface area (Å²) in [5.74, 6) is 0. The van der Waals surface area contributed by atoms with Gasteiger partial charge in [-0.1, -0.05) is 15.9 Å². The van der Waals surface area contributed by atoms with Crippen LogP contribution in [0.3, 0.4) is 0 Å². The summed E-state index contributed by atoms with van der Waals surface area (Å²) >= 11 is 6.76. The topological polar surface area (TPSA) is 23.8 Å². The Hall–Kier alpha value is -0.500. The summed E-state index contributed by atoms with van der Waals surface area (Å²) in [6.45, 7) is 0. The third kappa shape index (κ3) is 1.68. The lowest BCUT2D eigenvalue weighted by molar-refractivity contribution is 1.50. The molecule has 1 aromatic carbocycles. The fourth-order valence-corrected chi connectivity index (χ4v) is 3.57. The highest BCUT2D eigenvalue weighted by Gasteiger charge is 2.06. The summed E-state index contributed by atoms with van der Waals surface area (Å²) in [7, 11) is 0. The minimum absolute atomic E-state index is 0.763. The van der Waals surface area contributed by atoms with Crippen LogP contribution in [0.1, 0.15) is 4.88 Å². The number of benzene rings is 1. The van der Waals surface area contributed by atoms with E-state index < -0.39 is 0 Å². The number of nitrogens with zero attached hydrogens (tertiary/aromatic N) is 1. The van der Waals surface area contributed by atoms with E-state index in [4.69, 9.17) is 5.26 Å². The Bertz CT molecular complexity index is 525. The maximum atomic E-state index is 8.80. The molecule has 0 spiro atoms. The van der Waals surface area contributed by atoms with Gasteiger partial charge in [0.05, 0.1) is 0 Å². The summed E-state index contributed by atoms with van der Waals surface area (Å²) in [6.07, 6.45) is 2.05. The van der Waals surface area contributed by atoms with Gasteiger partial charge in [-0.25, -0.2) is 0 Å². The molecular formula is C10H6BrNS2. The number of thiophene rings is 1. The molecule has 14 heavy (non-hydrogen) atoms. The molecular weight excluding hydrogens is 278 g/mol. The van der Waals surface area contributed by atoms with E-state index >= 15 is 0 Å². The van der Waals surface area contributed by atoms with Gasteiger partial charge < -0.3 is 0 Å². The molecule has 0 bridgehead atoms. The van der Waals surface area contributed by atoms with Crippen LogP contribution in [0.5, 0.6) is 0 Å². The zero-order valence-corrected chi connectivity index (χ0v) is 10.6. The monoisotopic (exact) mass is 283 g/mol. The first-order chi connectivity index (χ1) is 6.74. The Morgan fingerprint density at radius 1 is 1.43 bits per heavy atom. The van der Waals surface area contributed by atoms with Gasteiger partial charge in [0, 0.05) is 19.5 Å². The lowest BCUT2D eigenvalue weighted by atomic mass is 10.2. The summed E-state index contributed by atoms with van der Waals surface area (Å²) in [5.41, 5.74) is 0. The van der Waals surface area contributed by atoms with Crippen molar-refractivity contribution in [3.05, 3.63) is 27.5 Å².